The Morgan fingerprint density at radius 1 is 0.950 bits per heavy atom. The van der Waals surface area contributed by atoms with Gasteiger partial charge < -0.3 is 9.05 Å². The number of benzene rings is 1. The second-order valence-electron chi connectivity index (χ2n) is 4.75. The Kier molecular flexibility index (Phi) is 3.33. The first-order valence-electron chi connectivity index (χ1n) is 6.49. The lowest BCUT2D eigenvalue weighted by Gasteiger charge is -1.94. The first kappa shape index (κ1) is 12.6. The normalized spacial score (nSPS) is 10.9. The van der Waals surface area contributed by atoms with Crippen LogP contribution in [0.1, 0.15) is 34.3 Å². The van der Waals surface area contributed by atoms with Gasteiger partial charge in [-0.15, -0.1) is 0 Å². The molecule has 0 aliphatic rings. The van der Waals surface area contributed by atoms with E-state index in [1.807, 2.05) is 44.2 Å². The van der Waals surface area contributed by atoms with Crippen LogP contribution in [0.3, 0.4) is 0 Å². The Balaban J connectivity index is 1.74. The first-order valence-corrected chi connectivity index (χ1v) is 6.49. The summed E-state index contributed by atoms with van der Waals surface area (Å²) >= 11 is 0. The van der Waals surface area contributed by atoms with Crippen LogP contribution in [-0.4, -0.2) is 15.3 Å². The maximum Gasteiger partial charge on any atom is 0.231 e. The summed E-state index contributed by atoms with van der Waals surface area (Å²) in [7, 11) is 0. The van der Waals surface area contributed by atoms with Crippen molar-refractivity contribution < 1.29 is 9.05 Å². The van der Waals surface area contributed by atoms with Gasteiger partial charge in [-0.2, -0.15) is 4.98 Å². The number of aryl methyl sites for hydroxylation is 2. The van der Waals surface area contributed by atoms with Crippen LogP contribution in [0.25, 0.3) is 0 Å². The van der Waals surface area contributed by atoms with Crippen molar-refractivity contribution in [1.29, 1.82) is 0 Å². The van der Waals surface area contributed by atoms with E-state index in [2.05, 4.69) is 15.3 Å². The molecule has 3 rings (SSSR count). The average molecular weight is 269 g/mol. The standard InChI is InChI=1S/C15H15N3O2/c1-10-13(11(2)19-17-10)9-15-16-14(18-20-15)8-12-6-4-3-5-7-12/h3-7H,8-9H2,1-2H3. The minimum absolute atomic E-state index is 0.558. The molecule has 20 heavy (non-hydrogen) atoms. The van der Waals surface area contributed by atoms with Crippen molar-refractivity contribution in [3.05, 3.63) is 64.6 Å². The van der Waals surface area contributed by atoms with Crippen LogP contribution >= 0.6 is 0 Å². The third-order valence-corrected chi connectivity index (χ3v) is 3.22. The SMILES string of the molecule is Cc1noc(C)c1Cc1nc(Cc2ccccc2)no1. The number of rotatable bonds is 4. The van der Waals surface area contributed by atoms with Gasteiger partial charge in [-0.25, -0.2) is 0 Å². The molecule has 3 aromatic rings. The third-order valence-electron chi connectivity index (χ3n) is 3.22. The Morgan fingerprint density at radius 2 is 1.75 bits per heavy atom. The monoisotopic (exact) mass is 269 g/mol. The highest BCUT2D eigenvalue weighted by Crippen LogP contribution is 2.16. The van der Waals surface area contributed by atoms with Crippen LogP contribution in [0, 0.1) is 13.8 Å². The van der Waals surface area contributed by atoms with E-state index >= 15 is 0 Å². The molecule has 2 aromatic heterocycles. The molecule has 0 atom stereocenters. The van der Waals surface area contributed by atoms with Gasteiger partial charge in [0.05, 0.1) is 12.1 Å². The maximum absolute atomic E-state index is 5.29. The fourth-order valence-electron chi connectivity index (χ4n) is 2.12. The first-order chi connectivity index (χ1) is 9.72. The van der Waals surface area contributed by atoms with Gasteiger partial charge >= 0.3 is 0 Å². The second kappa shape index (κ2) is 5.28. The molecular formula is C15H15N3O2. The van der Waals surface area contributed by atoms with Gasteiger partial charge in [-0.05, 0) is 19.4 Å². The number of nitrogens with zero attached hydrogens (tertiary/aromatic N) is 3. The van der Waals surface area contributed by atoms with Crippen LogP contribution in [0.5, 0.6) is 0 Å². The topological polar surface area (TPSA) is 65.0 Å². The van der Waals surface area contributed by atoms with E-state index in [1.165, 1.54) is 0 Å². The van der Waals surface area contributed by atoms with Gasteiger partial charge in [0, 0.05) is 12.0 Å². The lowest BCUT2D eigenvalue weighted by atomic mass is 10.1. The van der Waals surface area contributed by atoms with E-state index in [4.69, 9.17) is 9.05 Å². The van der Waals surface area contributed by atoms with E-state index in [9.17, 15) is 0 Å². The van der Waals surface area contributed by atoms with Gasteiger partial charge in [0.1, 0.15) is 5.76 Å². The minimum Gasteiger partial charge on any atom is -0.361 e. The Labute approximate surface area is 116 Å². The second-order valence-corrected chi connectivity index (χ2v) is 4.75. The van der Waals surface area contributed by atoms with Crippen molar-refractivity contribution in [3.8, 4) is 0 Å². The van der Waals surface area contributed by atoms with Crippen LogP contribution in [0.2, 0.25) is 0 Å². The van der Waals surface area contributed by atoms with E-state index in [0.29, 0.717) is 24.6 Å². The quantitative estimate of drug-likeness (QED) is 0.728. The minimum atomic E-state index is 0.558. The molecule has 0 saturated heterocycles. The number of hydrogen-bond acceptors (Lipinski definition) is 5. The summed E-state index contributed by atoms with van der Waals surface area (Å²) < 4.78 is 10.4. The zero-order valence-corrected chi connectivity index (χ0v) is 11.5. The van der Waals surface area contributed by atoms with Crippen LogP contribution in [-0.2, 0) is 12.8 Å². The Hall–Kier alpha value is -2.43. The van der Waals surface area contributed by atoms with Gasteiger partial charge in [0.2, 0.25) is 5.89 Å². The van der Waals surface area contributed by atoms with Gasteiger partial charge in [-0.3, -0.25) is 0 Å². The number of aromatic nitrogens is 3. The fourth-order valence-corrected chi connectivity index (χ4v) is 2.12. The highest BCUT2D eigenvalue weighted by atomic mass is 16.5. The molecule has 0 N–H and O–H groups in total. The van der Waals surface area contributed by atoms with E-state index in [0.717, 1.165) is 22.6 Å². The predicted molar refractivity (Wildman–Crippen MR) is 72.3 cm³/mol. The Bertz CT molecular complexity index is 681. The van der Waals surface area contributed by atoms with Crippen molar-refractivity contribution in [2.24, 2.45) is 0 Å². The molecule has 0 saturated carbocycles. The summed E-state index contributed by atoms with van der Waals surface area (Å²) in [6.45, 7) is 3.80. The highest BCUT2D eigenvalue weighted by molar-refractivity contribution is 5.24. The van der Waals surface area contributed by atoms with Gasteiger partial charge in [-0.1, -0.05) is 40.6 Å². The summed E-state index contributed by atoms with van der Waals surface area (Å²) in [6, 6.07) is 10.1. The summed E-state index contributed by atoms with van der Waals surface area (Å²) in [6.07, 6.45) is 1.23. The van der Waals surface area contributed by atoms with Gasteiger partial charge in [0.25, 0.3) is 0 Å². The fraction of sp³-hybridized carbons (Fsp3) is 0.267. The molecule has 102 valence electrons. The lowest BCUT2D eigenvalue weighted by Crippen LogP contribution is -1.93. The smallest absolute Gasteiger partial charge is 0.231 e. The van der Waals surface area contributed by atoms with Crippen molar-refractivity contribution in [2.75, 3.05) is 0 Å². The molecule has 0 amide bonds. The molecule has 0 aliphatic carbocycles. The molecular weight excluding hydrogens is 254 g/mol. The molecule has 5 nitrogen and oxygen atoms in total. The summed E-state index contributed by atoms with van der Waals surface area (Å²) in [5.74, 6) is 2.08. The van der Waals surface area contributed by atoms with Crippen molar-refractivity contribution >= 4 is 0 Å². The zero-order valence-electron chi connectivity index (χ0n) is 11.5. The molecule has 0 spiro atoms. The highest BCUT2D eigenvalue weighted by Gasteiger charge is 2.14. The average Bonchev–Trinajstić information content (AvgIpc) is 3.02. The van der Waals surface area contributed by atoms with Crippen molar-refractivity contribution in [2.45, 2.75) is 26.7 Å². The molecule has 0 aliphatic heterocycles. The molecule has 2 heterocycles. The van der Waals surface area contributed by atoms with Crippen LogP contribution in [0.15, 0.2) is 39.4 Å². The molecule has 1 aromatic carbocycles. The maximum atomic E-state index is 5.29. The molecule has 0 bridgehead atoms. The summed E-state index contributed by atoms with van der Waals surface area (Å²) in [5, 5.41) is 7.94. The summed E-state index contributed by atoms with van der Waals surface area (Å²) in [4.78, 5) is 4.42. The molecule has 0 radical (unpaired) electrons. The van der Waals surface area contributed by atoms with Gasteiger partial charge in [0.15, 0.2) is 5.82 Å². The zero-order chi connectivity index (χ0) is 13.9. The predicted octanol–water partition coefficient (Wildman–Crippen LogP) is 2.86. The van der Waals surface area contributed by atoms with E-state index < -0.39 is 0 Å². The molecule has 5 heteroatoms. The lowest BCUT2D eigenvalue weighted by molar-refractivity contribution is 0.377. The number of hydrogen-bond donors (Lipinski definition) is 0. The third kappa shape index (κ3) is 2.61. The Morgan fingerprint density at radius 3 is 2.45 bits per heavy atom. The molecule has 0 unspecified atom stereocenters. The van der Waals surface area contributed by atoms with E-state index in [-0.39, 0.29) is 0 Å². The van der Waals surface area contributed by atoms with E-state index in [1.54, 1.807) is 0 Å². The van der Waals surface area contributed by atoms with Crippen molar-refractivity contribution in [3.63, 3.8) is 0 Å². The largest absolute Gasteiger partial charge is 0.361 e. The van der Waals surface area contributed by atoms with Crippen LogP contribution in [0.4, 0.5) is 0 Å². The molecule has 0 fully saturated rings. The van der Waals surface area contributed by atoms with Crippen molar-refractivity contribution in [1.82, 2.24) is 15.3 Å². The van der Waals surface area contributed by atoms with Crippen LogP contribution < -0.4 is 0 Å². The summed E-state index contributed by atoms with van der Waals surface area (Å²) in [5.41, 5.74) is 3.04.